The summed E-state index contributed by atoms with van der Waals surface area (Å²) in [6.07, 6.45) is 2.25. The van der Waals surface area contributed by atoms with Gasteiger partial charge in [-0.15, -0.1) is 0 Å². The fourth-order valence-corrected chi connectivity index (χ4v) is 3.99. The highest BCUT2D eigenvalue weighted by molar-refractivity contribution is 5.93. The third-order valence-electron chi connectivity index (χ3n) is 5.69. The zero-order valence-corrected chi connectivity index (χ0v) is 18.5. The summed E-state index contributed by atoms with van der Waals surface area (Å²) < 4.78 is 17.1. The number of hydrogen-bond donors (Lipinski definition) is 1. The number of benzene rings is 1. The van der Waals surface area contributed by atoms with E-state index in [2.05, 4.69) is 22.2 Å². The van der Waals surface area contributed by atoms with E-state index in [-0.39, 0.29) is 6.10 Å². The van der Waals surface area contributed by atoms with Gasteiger partial charge in [-0.05, 0) is 52.9 Å². The molecule has 1 N–H and O–H groups in total. The van der Waals surface area contributed by atoms with Gasteiger partial charge in [-0.2, -0.15) is 4.98 Å². The number of nitrogens with one attached hydrogen (secondary N) is 1. The number of hydrogen-bond acceptors (Lipinski definition) is 8. The van der Waals surface area contributed by atoms with Crippen LogP contribution in [0, 0.1) is 0 Å². The van der Waals surface area contributed by atoms with Crippen LogP contribution >= 0.6 is 0 Å². The predicted octanol–water partition coefficient (Wildman–Crippen LogP) is 2.77. The number of ether oxygens (including phenoxy) is 3. The van der Waals surface area contributed by atoms with Gasteiger partial charge in [0.2, 0.25) is 5.95 Å². The normalized spacial score (nSPS) is 18.8. The van der Waals surface area contributed by atoms with Crippen LogP contribution < -0.4 is 19.7 Å². The topological polar surface area (TPSA) is 72.0 Å². The molecule has 2 aliphatic rings. The molecule has 3 heterocycles. The van der Waals surface area contributed by atoms with Crippen molar-refractivity contribution >= 4 is 22.7 Å². The number of piperidine rings is 1. The molecule has 0 saturated carbocycles. The number of morpholine rings is 1. The van der Waals surface area contributed by atoms with Crippen molar-refractivity contribution in [1.29, 1.82) is 0 Å². The van der Waals surface area contributed by atoms with E-state index < -0.39 is 0 Å². The second-order valence-electron chi connectivity index (χ2n) is 8.38. The molecule has 0 bridgehead atoms. The number of rotatable bonds is 6. The lowest BCUT2D eigenvalue weighted by molar-refractivity contribution is 0.122. The highest BCUT2D eigenvalue weighted by Crippen LogP contribution is 2.36. The molecule has 2 aromatic rings. The lowest BCUT2D eigenvalue weighted by atomic mass is 10.1. The molecule has 1 aromatic heterocycles. The summed E-state index contributed by atoms with van der Waals surface area (Å²) in [6, 6.07) is 4.36. The smallest absolute Gasteiger partial charge is 0.228 e. The van der Waals surface area contributed by atoms with E-state index in [1.54, 1.807) is 7.11 Å². The predicted molar refractivity (Wildman–Crippen MR) is 119 cm³/mol. The maximum atomic E-state index is 5.99. The Bertz CT molecular complexity index is 861. The first-order valence-electron chi connectivity index (χ1n) is 10.9. The number of methoxy groups -OCH3 is 1. The number of aromatic nitrogens is 2. The van der Waals surface area contributed by atoms with Gasteiger partial charge in [0.05, 0.1) is 31.9 Å². The van der Waals surface area contributed by atoms with Gasteiger partial charge in [0, 0.05) is 30.6 Å². The van der Waals surface area contributed by atoms with E-state index >= 15 is 0 Å². The summed E-state index contributed by atoms with van der Waals surface area (Å²) in [5.41, 5.74) is 0.860. The van der Waals surface area contributed by atoms with E-state index in [9.17, 15) is 0 Å². The van der Waals surface area contributed by atoms with E-state index in [0.717, 1.165) is 61.7 Å². The van der Waals surface area contributed by atoms with Crippen LogP contribution in [0.25, 0.3) is 10.9 Å². The highest BCUT2D eigenvalue weighted by atomic mass is 16.5. The van der Waals surface area contributed by atoms with E-state index in [0.29, 0.717) is 30.8 Å². The van der Waals surface area contributed by atoms with Crippen molar-refractivity contribution in [2.45, 2.75) is 38.8 Å². The molecule has 0 atom stereocenters. The molecule has 2 fully saturated rings. The zero-order valence-electron chi connectivity index (χ0n) is 18.5. The Morgan fingerprint density at radius 3 is 2.47 bits per heavy atom. The summed E-state index contributed by atoms with van der Waals surface area (Å²) in [5.74, 6) is 3.01. The molecule has 8 nitrogen and oxygen atoms in total. The molecule has 0 amide bonds. The second-order valence-corrected chi connectivity index (χ2v) is 8.38. The van der Waals surface area contributed by atoms with E-state index in [1.807, 2.05) is 26.0 Å². The maximum absolute atomic E-state index is 5.99. The van der Waals surface area contributed by atoms with E-state index in [4.69, 9.17) is 24.2 Å². The van der Waals surface area contributed by atoms with Crippen LogP contribution in [0.4, 0.5) is 11.8 Å². The van der Waals surface area contributed by atoms with Gasteiger partial charge >= 0.3 is 0 Å². The molecule has 164 valence electrons. The number of nitrogens with zero attached hydrogens (tertiary/aromatic N) is 4. The standard InChI is InChI=1S/C22H33N5O3/c1-15(2)30-20-14-18-17(13-19(20)28-4)21(23-16-5-7-26(3)8-6-16)25-22(24-18)27-9-11-29-12-10-27/h13-16H,5-12H2,1-4H3,(H,23,24,25). The monoisotopic (exact) mass is 415 g/mol. The Morgan fingerprint density at radius 2 is 1.80 bits per heavy atom. The molecular formula is C22H33N5O3. The molecule has 2 saturated heterocycles. The van der Waals surface area contributed by atoms with Crippen LogP contribution in [-0.4, -0.2) is 80.6 Å². The first-order chi connectivity index (χ1) is 14.5. The van der Waals surface area contributed by atoms with Gasteiger partial charge in [-0.1, -0.05) is 0 Å². The summed E-state index contributed by atoms with van der Waals surface area (Å²) in [6.45, 7) is 9.19. The number of fused-ring (bicyclic) bond motifs is 1. The van der Waals surface area contributed by atoms with Crippen LogP contribution in [-0.2, 0) is 4.74 Å². The van der Waals surface area contributed by atoms with Crippen molar-refractivity contribution in [3.63, 3.8) is 0 Å². The van der Waals surface area contributed by atoms with Crippen molar-refractivity contribution in [1.82, 2.24) is 14.9 Å². The fraction of sp³-hybridized carbons (Fsp3) is 0.636. The molecule has 2 aliphatic heterocycles. The van der Waals surface area contributed by atoms with Gasteiger partial charge in [-0.25, -0.2) is 4.98 Å². The Labute approximate surface area is 178 Å². The number of anilines is 2. The number of likely N-dealkylation sites (tertiary alicyclic amines) is 1. The third-order valence-corrected chi connectivity index (χ3v) is 5.69. The molecule has 4 rings (SSSR count). The summed E-state index contributed by atoms with van der Waals surface area (Å²) >= 11 is 0. The minimum Gasteiger partial charge on any atom is -0.493 e. The fourth-order valence-electron chi connectivity index (χ4n) is 3.99. The lowest BCUT2D eigenvalue weighted by Crippen LogP contribution is -2.38. The zero-order chi connectivity index (χ0) is 21.1. The SMILES string of the molecule is COc1cc2c(NC3CCN(C)CC3)nc(N3CCOCC3)nc2cc1OC(C)C. The molecule has 8 heteroatoms. The van der Waals surface area contributed by atoms with Crippen molar-refractivity contribution < 1.29 is 14.2 Å². The molecule has 0 aliphatic carbocycles. The van der Waals surface area contributed by atoms with Gasteiger partial charge in [0.1, 0.15) is 5.82 Å². The average molecular weight is 416 g/mol. The van der Waals surface area contributed by atoms with Gasteiger partial charge in [0.25, 0.3) is 0 Å². The third kappa shape index (κ3) is 4.70. The van der Waals surface area contributed by atoms with Crippen LogP contribution in [0.1, 0.15) is 26.7 Å². The highest BCUT2D eigenvalue weighted by Gasteiger charge is 2.22. The van der Waals surface area contributed by atoms with Crippen LogP contribution in [0.5, 0.6) is 11.5 Å². The van der Waals surface area contributed by atoms with E-state index in [1.165, 1.54) is 0 Å². The van der Waals surface area contributed by atoms with Crippen molar-refractivity contribution in [2.75, 3.05) is 63.8 Å². The quantitative estimate of drug-likeness (QED) is 0.772. The summed E-state index contributed by atoms with van der Waals surface area (Å²) in [7, 11) is 3.84. The molecule has 30 heavy (non-hydrogen) atoms. The van der Waals surface area contributed by atoms with Crippen LogP contribution in [0.3, 0.4) is 0 Å². The lowest BCUT2D eigenvalue weighted by Gasteiger charge is -2.31. The Balaban J connectivity index is 1.75. The molecule has 0 spiro atoms. The largest absolute Gasteiger partial charge is 0.493 e. The molecule has 1 aromatic carbocycles. The van der Waals surface area contributed by atoms with Crippen molar-refractivity contribution in [3.8, 4) is 11.5 Å². The van der Waals surface area contributed by atoms with Crippen molar-refractivity contribution in [3.05, 3.63) is 12.1 Å². The second kappa shape index (κ2) is 9.22. The van der Waals surface area contributed by atoms with Gasteiger partial charge in [0.15, 0.2) is 11.5 Å². The Kier molecular flexibility index (Phi) is 6.43. The first kappa shape index (κ1) is 20.9. The Morgan fingerprint density at radius 1 is 1.07 bits per heavy atom. The summed E-state index contributed by atoms with van der Waals surface area (Å²) in [5, 5.41) is 4.66. The van der Waals surface area contributed by atoms with Gasteiger partial charge in [-0.3, -0.25) is 0 Å². The molecular weight excluding hydrogens is 382 g/mol. The van der Waals surface area contributed by atoms with Crippen LogP contribution in [0.15, 0.2) is 12.1 Å². The van der Waals surface area contributed by atoms with Crippen molar-refractivity contribution in [2.24, 2.45) is 0 Å². The van der Waals surface area contributed by atoms with Crippen LogP contribution in [0.2, 0.25) is 0 Å². The maximum Gasteiger partial charge on any atom is 0.228 e. The minimum atomic E-state index is 0.0497. The first-order valence-corrected chi connectivity index (χ1v) is 10.9. The Hall–Kier alpha value is -2.32. The molecule has 0 radical (unpaired) electrons. The summed E-state index contributed by atoms with van der Waals surface area (Å²) in [4.78, 5) is 14.4. The van der Waals surface area contributed by atoms with Gasteiger partial charge < -0.3 is 29.3 Å². The minimum absolute atomic E-state index is 0.0497. The molecule has 0 unspecified atom stereocenters. The average Bonchev–Trinajstić information content (AvgIpc) is 2.75.